The van der Waals surface area contributed by atoms with E-state index >= 15 is 0 Å². The first-order valence-corrected chi connectivity index (χ1v) is 10.2. The second-order valence-corrected chi connectivity index (χ2v) is 7.78. The lowest BCUT2D eigenvalue weighted by atomic mass is 9.80. The highest BCUT2D eigenvalue weighted by Gasteiger charge is 2.28. The van der Waals surface area contributed by atoms with E-state index in [4.69, 9.17) is 4.98 Å². The molecule has 5 nitrogen and oxygen atoms in total. The van der Waals surface area contributed by atoms with Crippen molar-refractivity contribution in [1.82, 2.24) is 15.6 Å². The Morgan fingerprint density at radius 2 is 1.80 bits per heavy atom. The number of aromatic nitrogens is 1. The number of benzene rings is 2. The Bertz CT molecular complexity index is 1140. The zero-order chi connectivity index (χ0) is 21.1. The van der Waals surface area contributed by atoms with Crippen molar-refractivity contribution in [1.29, 1.82) is 0 Å². The average Bonchev–Trinajstić information content (AvgIpc) is 2.76. The van der Waals surface area contributed by atoms with Crippen molar-refractivity contribution >= 4 is 34.4 Å². The minimum atomic E-state index is -0.235. The second kappa shape index (κ2) is 8.49. The number of hydrogen-bond donors (Lipinski definition) is 2. The molecule has 0 spiro atoms. The van der Waals surface area contributed by atoms with Gasteiger partial charge in [-0.2, -0.15) is 0 Å². The van der Waals surface area contributed by atoms with Crippen molar-refractivity contribution in [3.05, 3.63) is 77.0 Å². The molecule has 1 aliphatic rings. The number of carbonyl (C=O) groups is 2. The molecular formula is C25H25N3O2. The first-order chi connectivity index (χ1) is 14.6. The molecule has 152 valence electrons. The zero-order valence-electron chi connectivity index (χ0n) is 17.2. The highest BCUT2D eigenvalue weighted by molar-refractivity contribution is 6.09. The third kappa shape index (κ3) is 3.96. The largest absolute Gasteiger partial charge is 0.358 e. The summed E-state index contributed by atoms with van der Waals surface area (Å²) in [7, 11) is 1.56. The normalized spacial score (nSPS) is 16.9. The Morgan fingerprint density at radius 1 is 1.07 bits per heavy atom. The predicted octanol–water partition coefficient (Wildman–Crippen LogP) is 3.83. The Morgan fingerprint density at radius 3 is 2.57 bits per heavy atom. The van der Waals surface area contributed by atoms with Crippen molar-refractivity contribution in [2.75, 3.05) is 13.6 Å². The minimum absolute atomic E-state index is 0.0526. The van der Waals surface area contributed by atoms with Gasteiger partial charge in [0.25, 0.3) is 5.91 Å². The van der Waals surface area contributed by atoms with E-state index in [0.29, 0.717) is 11.5 Å². The smallest absolute Gasteiger partial charge is 0.252 e. The summed E-state index contributed by atoms with van der Waals surface area (Å²) in [6, 6.07) is 17.9. The number of fused-ring (bicyclic) bond motifs is 2. The van der Waals surface area contributed by atoms with Crippen LogP contribution in [0.4, 0.5) is 0 Å². The highest BCUT2D eigenvalue weighted by atomic mass is 16.2. The fourth-order valence-electron chi connectivity index (χ4n) is 4.08. The molecule has 1 unspecified atom stereocenters. The molecule has 0 saturated carbocycles. The molecule has 1 heterocycles. The lowest BCUT2D eigenvalue weighted by Crippen LogP contribution is -2.36. The van der Waals surface area contributed by atoms with E-state index in [1.807, 2.05) is 42.5 Å². The fraction of sp³-hybridized carbons (Fsp3) is 0.240. The molecule has 0 saturated heterocycles. The van der Waals surface area contributed by atoms with Gasteiger partial charge in [0.05, 0.1) is 23.3 Å². The van der Waals surface area contributed by atoms with E-state index in [-0.39, 0.29) is 18.4 Å². The van der Waals surface area contributed by atoms with Gasteiger partial charge in [0.15, 0.2) is 0 Å². The molecule has 0 radical (unpaired) electrons. The van der Waals surface area contributed by atoms with Crippen LogP contribution in [0.25, 0.3) is 22.6 Å². The zero-order valence-corrected chi connectivity index (χ0v) is 17.2. The van der Waals surface area contributed by atoms with Crippen molar-refractivity contribution < 1.29 is 9.59 Å². The van der Waals surface area contributed by atoms with Gasteiger partial charge in [-0.05, 0) is 47.6 Å². The standard InChI is InChI=1S/C25H25N3O2/c1-16-12-18(14-17-8-4-3-5-9-17)24-20(13-16)23(25(30)27-15-22(29)26-2)19-10-6-7-11-21(19)28-24/h3-11,14,16H,12-13,15H2,1-2H3,(H,26,29)(H,27,30). The van der Waals surface area contributed by atoms with Crippen LogP contribution in [-0.4, -0.2) is 30.4 Å². The van der Waals surface area contributed by atoms with E-state index in [0.717, 1.165) is 46.1 Å². The van der Waals surface area contributed by atoms with Gasteiger partial charge in [-0.15, -0.1) is 0 Å². The number of amides is 2. The van der Waals surface area contributed by atoms with Crippen LogP contribution in [0.1, 0.15) is 40.5 Å². The summed E-state index contributed by atoms with van der Waals surface area (Å²) >= 11 is 0. The van der Waals surface area contributed by atoms with Gasteiger partial charge in [0.2, 0.25) is 5.91 Å². The van der Waals surface area contributed by atoms with E-state index in [9.17, 15) is 9.59 Å². The number of likely N-dealkylation sites (N-methyl/N-ethyl adjacent to an activating group) is 1. The average molecular weight is 399 g/mol. The van der Waals surface area contributed by atoms with E-state index < -0.39 is 0 Å². The van der Waals surface area contributed by atoms with Gasteiger partial charge in [-0.3, -0.25) is 9.59 Å². The number of para-hydroxylation sites is 1. The van der Waals surface area contributed by atoms with Crippen LogP contribution in [0, 0.1) is 5.92 Å². The van der Waals surface area contributed by atoms with Crippen LogP contribution in [0.3, 0.4) is 0 Å². The summed E-state index contributed by atoms with van der Waals surface area (Å²) in [5.41, 5.74) is 5.53. The lowest BCUT2D eigenvalue weighted by Gasteiger charge is -2.26. The Hall–Kier alpha value is -3.47. The summed E-state index contributed by atoms with van der Waals surface area (Å²) < 4.78 is 0. The summed E-state index contributed by atoms with van der Waals surface area (Å²) in [6.07, 6.45) is 3.86. The molecule has 5 heteroatoms. The van der Waals surface area contributed by atoms with Gasteiger partial charge >= 0.3 is 0 Å². The van der Waals surface area contributed by atoms with Crippen molar-refractivity contribution in [3.8, 4) is 0 Å². The molecule has 30 heavy (non-hydrogen) atoms. The molecule has 0 fully saturated rings. The lowest BCUT2D eigenvalue weighted by molar-refractivity contribution is -0.119. The number of allylic oxidation sites excluding steroid dienone is 1. The van der Waals surface area contributed by atoms with E-state index in [1.165, 1.54) is 0 Å². The maximum Gasteiger partial charge on any atom is 0.252 e. The maximum absolute atomic E-state index is 13.2. The first kappa shape index (κ1) is 19.8. The van der Waals surface area contributed by atoms with Crippen molar-refractivity contribution in [3.63, 3.8) is 0 Å². The Labute approximate surface area is 176 Å². The molecule has 0 aliphatic heterocycles. The van der Waals surface area contributed by atoms with E-state index in [1.54, 1.807) is 7.05 Å². The molecule has 1 aliphatic carbocycles. The number of rotatable bonds is 4. The molecule has 2 N–H and O–H groups in total. The first-order valence-electron chi connectivity index (χ1n) is 10.2. The van der Waals surface area contributed by atoms with Crippen LogP contribution in [0.15, 0.2) is 54.6 Å². The van der Waals surface area contributed by atoms with Crippen LogP contribution in [0.5, 0.6) is 0 Å². The van der Waals surface area contributed by atoms with Crippen LogP contribution < -0.4 is 10.6 Å². The summed E-state index contributed by atoms with van der Waals surface area (Å²) in [5.74, 6) is -0.0730. The monoisotopic (exact) mass is 399 g/mol. The summed E-state index contributed by atoms with van der Waals surface area (Å²) in [5, 5.41) is 6.13. The minimum Gasteiger partial charge on any atom is -0.358 e. The summed E-state index contributed by atoms with van der Waals surface area (Å²) in [4.78, 5) is 29.8. The topological polar surface area (TPSA) is 71.1 Å². The molecule has 1 aromatic heterocycles. The molecule has 2 aromatic carbocycles. The molecule has 1 atom stereocenters. The van der Waals surface area contributed by atoms with Gasteiger partial charge < -0.3 is 10.6 Å². The number of hydrogen-bond acceptors (Lipinski definition) is 3. The molecule has 3 aromatic rings. The SMILES string of the molecule is CNC(=O)CNC(=O)c1c2c(nc3ccccc13)C(=Cc1ccccc1)CC(C)C2. The van der Waals surface area contributed by atoms with Gasteiger partial charge in [-0.1, -0.05) is 55.5 Å². The van der Waals surface area contributed by atoms with Gasteiger partial charge in [0, 0.05) is 12.4 Å². The molecule has 4 rings (SSSR count). The Balaban J connectivity index is 1.87. The quantitative estimate of drug-likeness (QED) is 0.700. The number of pyridine rings is 1. The van der Waals surface area contributed by atoms with Crippen LogP contribution >= 0.6 is 0 Å². The fourth-order valence-corrected chi connectivity index (χ4v) is 4.08. The van der Waals surface area contributed by atoms with E-state index in [2.05, 4.69) is 35.8 Å². The predicted molar refractivity (Wildman–Crippen MR) is 120 cm³/mol. The van der Waals surface area contributed by atoms with Crippen LogP contribution in [0.2, 0.25) is 0 Å². The number of nitrogens with one attached hydrogen (secondary N) is 2. The van der Waals surface area contributed by atoms with Gasteiger partial charge in [0.1, 0.15) is 0 Å². The molecule has 2 amide bonds. The number of nitrogens with zero attached hydrogens (tertiary/aromatic N) is 1. The summed E-state index contributed by atoms with van der Waals surface area (Å²) in [6.45, 7) is 2.15. The third-order valence-electron chi connectivity index (χ3n) is 5.47. The Kier molecular flexibility index (Phi) is 5.61. The number of carbonyl (C=O) groups excluding carboxylic acids is 2. The molecular weight excluding hydrogens is 374 g/mol. The molecule has 0 bridgehead atoms. The maximum atomic E-state index is 13.2. The van der Waals surface area contributed by atoms with Crippen LogP contribution in [-0.2, 0) is 11.2 Å². The highest BCUT2D eigenvalue weighted by Crippen LogP contribution is 2.38. The third-order valence-corrected chi connectivity index (χ3v) is 5.47. The van der Waals surface area contributed by atoms with Crippen molar-refractivity contribution in [2.24, 2.45) is 5.92 Å². The second-order valence-electron chi connectivity index (χ2n) is 7.78. The van der Waals surface area contributed by atoms with Gasteiger partial charge in [-0.25, -0.2) is 4.98 Å². The van der Waals surface area contributed by atoms with Crippen molar-refractivity contribution in [2.45, 2.75) is 19.8 Å².